The SMILES string of the molecule is O=C(OCCC1CC1)c1cnc(Cl)c2ccccc12. The van der Waals surface area contributed by atoms with Crippen LogP contribution in [0, 0.1) is 5.92 Å². The number of esters is 1. The predicted molar refractivity (Wildman–Crippen MR) is 74.4 cm³/mol. The quantitative estimate of drug-likeness (QED) is 0.628. The molecule has 2 aromatic rings. The van der Waals surface area contributed by atoms with E-state index in [-0.39, 0.29) is 5.97 Å². The minimum atomic E-state index is -0.319. The molecule has 1 fully saturated rings. The Bertz CT molecular complexity index is 623. The second-order valence-electron chi connectivity index (χ2n) is 4.88. The van der Waals surface area contributed by atoms with E-state index >= 15 is 0 Å². The van der Waals surface area contributed by atoms with E-state index in [2.05, 4.69) is 4.98 Å². The minimum Gasteiger partial charge on any atom is -0.462 e. The van der Waals surface area contributed by atoms with Crippen molar-refractivity contribution in [2.75, 3.05) is 6.61 Å². The van der Waals surface area contributed by atoms with Gasteiger partial charge in [-0.2, -0.15) is 0 Å². The number of carbonyl (C=O) groups is 1. The van der Waals surface area contributed by atoms with Gasteiger partial charge in [0.2, 0.25) is 0 Å². The predicted octanol–water partition coefficient (Wildman–Crippen LogP) is 3.85. The van der Waals surface area contributed by atoms with Crippen molar-refractivity contribution in [3.05, 3.63) is 41.2 Å². The fraction of sp³-hybridized carbons (Fsp3) is 0.333. The third kappa shape index (κ3) is 2.71. The number of hydrogen-bond acceptors (Lipinski definition) is 3. The number of carbonyl (C=O) groups excluding carboxylic acids is 1. The van der Waals surface area contributed by atoms with Crippen molar-refractivity contribution >= 4 is 28.3 Å². The van der Waals surface area contributed by atoms with Crippen molar-refractivity contribution in [3.63, 3.8) is 0 Å². The van der Waals surface area contributed by atoms with Gasteiger partial charge in [0.15, 0.2) is 0 Å². The Labute approximate surface area is 116 Å². The van der Waals surface area contributed by atoms with Gasteiger partial charge in [-0.15, -0.1) is 0 Å². The van der Waals surface area contributed by atoms with Crippen molar-refractivity contribution < 1.29 is 9.53 Å². The van der Waals surface area contributed by atoms with Crippen LogP contribution in [0.15, 0.2) is 30.5 Å². The van der Waals surface area contributed by atoms with Gasteiger partial charge in [0.25, 0.3) is 0 Å². The molecule has 98 valence electrons. The molecule has 3 rings (SSSR count). The Hall–Kier alpha value is -1.61. The largest absolute Gasteiger partial charge is 0.462 e. The lowest BCUT2D eigenvalue weighted by Crippen LogP contribution is -2.08. The van der Waals surface area contributed by atoms with Gasteiger partial charge < -0.3 is 4.74 Å². The smallest absolute Gasteiger partial charge is 0.340 e. The lowest BCUT2D eigenvalue weighted by molar-refractivity contribution is 0.0497. The summed E-state index contributed by atoms with van der Waals surface area (Å²) in [5.74, 6) is 0.439. The van der Waals surface area contributed by atoms with Crippen molar-refractivity contribution in [1.29, 1.82) is 0 Å². The monoisotopic (exact) mass is 275 g/mol. The molecule has 19 heavy (non-hydrogen) atoms. The summed E-state index contributed by atoms with van der Waals surface area (Å²) in [6.07, 6.45) is 4.99. The number of aromatic nitrogens is 1. The molecule has 1 aliphatic rings. The summed E-state index contributed by atoms with van der Waals surface area (Å²) in [5, 5.41) is 1.98. The van der Waals surface area contributed by atoms with Gasteiger partial charge in [-0.25, -0.2) is 9.78 Å². The maximum absolute atomic E-state index is 12.1. The zero-order valence-electron chi connectivity index (χ0n) is 10.4. The standard InChI is InChI=1S/C15H14ClNO2/c16-14-12-4-2-1-3-11(12)13(9-17-14)15(18)19-8-7-10-5-6-10/h1-4,9-10H,5-8H2. The highest BCUT2D eigenvalue weighted by Gasteiger charge is 2.21. The Morgan fingerprint density at radius 1 is 1.32 bits per heavy atom. The molecule has 0 unspecified atom stereocenters. The van der Waals surface area contributed by atoms with Crippen molar-refractivity contribution in [2.45, 2.75) is 19.3 Å². The molecule has 1 saturated carbocycles. The number of rotatable bonds is 4. The molecule has 1 heterocycles. The average Bonchev–Trinajstić information content (AvgIpc) is 3.23. The van der Waals surface area contributed by atoms with Crippen LogP contribution in [0.5, 0.6) is 0 Å². The van der Waals surface area contributed by atoms with E-state index in [1.54, 1.807) is 0 Å². The van der Waals surface area contributed by atoms with Gasteiger partial charge in [0, 0.05) is 17.0 Å². The van der Waals surface area contributed by atoms with Gasteiger partial charge in [-0.05, 0) is 12.3 Å². The van der Waals surface area contributed by atoms with Gasteiger partial charge in [-0.3, -0.25) is 0 Å². The first-order chi connectivity index (χ1) is 9.25. The number of fused-ring (bicyclic) bond motifs is 1. The second-order valence-corrected chi connectivity index (χ2v) is 5.23. The second kappa shape index (κ2) is 5.17. The Morgan fingerprint density at radius 3 is 2.79 bits per heavy atom. The van der Waals surface area contributed by atoms with Crippen LogP contribution in [-0.2, 0) is 4.74 Å². The number of benzene rings is 1. The summed E-state index contributed by atoms with van der Waals surface area (Å²) in [4.78, 5) is 16.1. The van der Waals surface area contributed by atoms with Crippen molar-refractivity contribution in [1.82, 2.24) is 4.98 Å². The molecule has 1 aliphatic carbocycles. The topological polar surface area (TPSA) is 39.2 Å². The maximum atomic E-state index is 12.1. The highest BCUT2D eigenvalue weighted by atomic mass is 35.5. The highest BCUT2D eigenvalue weighted by Crippen LogP contribution is 2.32. The van der Waals surface area contributed by atoms with Crippen LogP contribution >= 0.6 is 11.6 Å². The number of halogens is 1. The zero-order valence-corrected chi connectivity index (χ0v) is 11.2. The van der Waals surface area contributed by atoms with Crippen LogP contribution in [0.2, 0.25) is 5.15 Å². The van der Waals surface area contributed by atoms with Gasteiger partial charge >= 0.3 is 5.97 Å². The molecule has 0 atom stereocenters. The molecular weight excluding hydrogens is 262 g/mol. The molecule has 0 saturated heterocycles. The van der Waals surface area contributed by atoms with Crippen LogP contribution in [0.3, 0.4) is 0 Å². The molecule has 1 aromatic carbocycles. The van der Waals surface area contributed by atoms with E-state index in [1.165, 1.54) is 19.0 Å². The molecule has 1 aromatic heterocycles. The summed E-state index contributed by atoms with van der Waals surface area (Å²) < 4.78 is 5.30. The molecule has 0 radical (unpaired) electrons. The van der Waals surface area contributed by atoms with E-state index in [9.17, 15) is 4.79 Å². The Balaban J connectivity index is 1.82. The summed E-state index contributed by atoms with van der Waals surface area (Å²) in [7, 11) is 0. The number of nitrogens with zero attached hydrogens (tertiary/aromatic N) is 1. The van der Waals surface area contributed by atoms with Crippen LogP contribution in [0.4, 0.5) is 0 Å². The molecule has 3 nitrogen and oxygen atoms in total. The van der Waals surface area contributed by atoms with E-state index in [4.69, 9.17) is 16.3 Å². The average molecular weight is 276 g/mol. The fourth-order valence-corrected chi connectivity index (χ4v) is 2.34. The number of ether oxygens (including phenoxy) is 1. The Morgan fingerprint density at radius 2 is 2.05 bits per heavy atom. The maximum Gasteiger partial charge on any atom is 0.340 e. The van der Waals surface area contributed by atoms with Crippen LogP contribution in [-0.4, -0.2) is 17.6 Å². The minimum absolute atomic E-state index is 0.319. The summed E-state index contributed by atoms with van der Waals surface area (Å²) >= 11 is 6.02. The molecule has 0 spiro atoms. The zero-order chi connectivity index (χ0) is 13.2. The van der Waals surface area contributed by atoms with E-state index in [0.29, 0.717) is 17.3 Å². The van der Waals surface area contributed by atoms with E-state index in [0.717, 1.165) is 23.1 Å². The van der Waals surface area contributed by atoms with Gasteiger partial charge in [0.05, 0.1) is 12.2 Å². The first kappa shape index (κ1) is 12.4. The van der Waals surface area contributed by atoms with Crippen LogP contribution in [0.25, 0.3) is 10.8 Å². The number of hydrogen-bond donors (Lipinski definition) is 0. The third-order valence-corrected chi connectivity index (χ3v) is 3.72. The van der Waals surface area contributed by atoms with Crippen molar-refractivity contribution in [3.8, 4) is 0 Å². The van der Waals surface area contributed by atoms with Gasteiger partial charge in [0.1, 0.15) is 5.15 Å². The normalized spacial score (nSPS) is 14.6. The summed E-state index contributed by atoms with van der Waals surface area (Å²) in [6.45, 7) is 0.487. The van der Waals surface area contributed by atoms with Crippen LogP contribution < -0.4 is 0 Å². The molecular formula is C15H14ClNO2. The van der Waals surface area contributed by atoms with E-state index < -0.39 is 0 Å². The first-order valence-corrected chi connectivity index (χ1v) is 6.84. The molecule has 0 amide bonds. The van der Waals surface area contributed by atoms with Crippen LogP contribution in [0.1, 0.15) is 29.6 Å². The first-order valence-electron chi connectivity index (χ1n) is 6.46. The Kier molecular flexibility index (Phi) is 3.38. The van der Waals surface area contributed by atoms with E-state index in [1.807, 2.05) is 24.3 Å². The van der Waals surface area contributed by atoms with Gasteiger partial charge in [-0.1, -0.05) is 48.7 Å². The van der Waals surface area contributed by atoms with Crippen molar-refractivity contribution in [2.24, 2.45) is 5.92 Å². The molecule has 4 heteroatoms. The number of pyridine rings is 1. The molecule has 0 aliphatic heterocycles. The highest BCUT2D eigenvalue weighted by molar-refractivity contribution is 6.34. The summed E-state index contributed by atoms with van der Waals surface area (Å²) in [5.41, 5.74) is 0.482. The fourth-order valence-electron chi connectivity index (χ4n) is 2.12. The molecule has 0 N–H and O–H groups in total. The third-order valence-electron chi connectivity index (χ3n) is 3.42. The lowest BCUT2D eigenvalue weighted by atomic mass is 10.1. The summed E-state index contributed by atoms with van der Waals surface area (Å²) in [6, 6.07) is 7.46. The lowest BCUT2D eigenvalue weighted by Gasteiger charge is -2.07. The molecule has 0 bridgehead atoms.